The van der Waals surface area contributed by atoms with E-state index in [9.17, 15) is 0 Å². The molecule has 10 nitrogen and oxygen atoms in total. The Kier molecular flexibility index (Phi) is 6.04. The Labute approximate surface area is 233 Å². The van der Waals surface area contributed by atoms with E-state index in [1.54, 1.807) is 6.20 Å². The van der Waals surface area contributed by atoms with Gasteiger partial charge < -0.3 is 15.5 Å². The molecule has 4 atom stereocenters. The van der Waals surface area contributed by atoms with E-state index in [1.807, 2.05) is 25.3 Å². The summed E-state index contributed by atoms with van der Waals surface area (Å²) in [5.41, 5.74) is 4.40. The predicted molar refractivity (Wildman–Crippen MR) is 155 cm³/mol. The highest BCUT2D eigenvalue weighted by Crippen LogP contribution is 2.58. The maximum absolute atomic E-state index is 9.07. The smallest absolute Gasteiger partial charge is 0.225 e. The molecule has 0 saturated carbocycles. The molecule has 3 N–H and O–H groups in total. The number of aromatic nitrogens is 5. The second-order valence-corrected chi connectivity index (χ2v) is 11.7. The maximum atomic E-state index is 9.07. The van der Waals surface area contributed by atoms with E-state index in [1.165, 1.54) is 12.8 Å². The molecule has 3 aromatic heterocycles. The molecule has 2 unspecified atom stereocenters. The third-order valence-corrected chi connectivity index (χ3v) is 8.93. The number of benzene rings is 1. The zero-order valence-corrected chi connectivity index (χ0v) is 22.9. The second-order valence-electron chi connectivity index (χ2n) is 11.7. The van der Waals surface area contributed by atoms with E-state index >= 15 is 0 Å². The van der Waals surface area contributed by atoms with Crippen molar-refractivity contribution >= 4 is 34.2 Å². The molecule has 0 spiro atoms. The number of nitriles is 1. The van der Waals surface area contributed by atoms with Crippen LogP contribution in [0.25, 0.3) is 10.9 Å². The number of aryl methyl sites for hydroxylation is 1. The van der Waals surface area contributed by atoms with Crippen LogP contribution in [0.5, 0.6) is 0 Å². The number of fused-ring (bicyclic) bond motifs is 1. The Morgan fingerprint density at radius 3 is 2.75 bits per heavy atom. The van der Waals surface area contributed by atoms with Crippen LogP contribution < -0.4 is 15.5 Å². The van der Waals surface area contributed by atoms with Gasteiger partial charge in [0.15, 0.2) is 5.82 Å². The molecule has 1 aromatic carbocycles. The summed E-state index contributed by atoms with van der Waals surface area (Å²) < 4.78 is 0. The normalized spacial score (nSPS) is 24.9. The Morgan fingerprint density at radius 1 is 1.18 bits per heavy atom. The van der Waals surface area contributed by atoms with Crippen LogP contribution in [0.15, 0.2) is 48.8 Å². The standard InChI is InChI=1S/C30H34N10/c1-19-11-27(38-37-19)35-28-25-7-6-22(39(2)18-20-5-3-10-32-17-20)14-26(25)34-29(36-28)33-21-12-23-15-30(8-4-9-31)16-24(13-21)40(23)30/h3,5-7,10-11,14,17,21,23-24H,4,8,12-13,15-16,18H2,1-2H3,(H3,33,34,35,36,37,38)/t21?,23-,24+,30?. The topological polar surface area (TPSA) is 122 Å². The van der Waals surface area contributed by atoms with Gasteiger partial charge in [0, 0.05) is 78.9 Å². The minimum atomic E-state index is 0.312. The summed E-state index contributed by atoms with van der Waals surface area (Å²) in [7, 11) is 2.09. The summed E-state index contributed by atoms with van der Waals surface area (Å²) in [6.45, 7) is 2.74. The monoisotopic (exact) mass is 534 g/mol. The first-order valence-electron chi connectivity index (χ1n) is 14.1. The number of aromatic amines is 1. The Hall–Kier alpha value is -4.23. The van der Waals surface area contributed by atoms with Crippen LogP contribution in [0.1, 0.15) is 49.8 Å². The number of H-pyrrole nitrogens is 1. The molecule has 3 aliphatic heterocycles. The molecular weight excluding hydrogens is 500 g/mol. The van der Waals surface area contributed by atoms with Crippen LogP contribution in [0, 0.1) is 18.3 Å². The zero-order valence-electron chi connectivity index (χ0n) is 22.9. The van der Waals surface area contributed by atoms with Gasteiger partial charge in [-0.3, -0.25) is 15.0 Å². The minimum absolute atomic E-state index is 0.312. The van der Waals surface area contributed by atoms with Gasteiger partial charge in [-0.1, -0.05) is 6.07 Å². The average Bonchev–Trinajstić information content (AvgIpc) is 3.34. The van der Waals surface area contributed by atoms with Gasteiger partial charge >= 0.3 is 0 Å². The quantitative estimate of drug-likeness (QED) is 0.275. The molecule has 3 aliphatic rings. The molecule has 3 saturated heterocycles. The lowest BCUT2D eigenvalue weighted by Gasteiger charge is -2.74. The summed E-state index contributed by atoms with van der Waals surface area (Å²) in [5.74, 6) is 2.11. The van der Waals surface area contributed by atoms with Gasteiger partial charge in [-0.2, -0.15) is 15.3 Å². The number of nitrogens with zero attached hydrogens (tertiary/aromatic N) is 7. The van der Waals surface area contributed by atoms with Crippen molar-refractivity contribution < 1.29 is 0 Å². The van der Waals surface area contributed by atoms with Crippen LogP contribution in [0.4, 0.5) is 23.3 Å². The van der Waals surface area contributed by atoms with E-state index in [0.29, 0.717) is 36.0 Å². The van der Waals surface area contributed by atoms with Crippen molar-refractivity contribution in [2.24, 2.45) is 0 Å². The van der Waals surface area contributed by atoms with Gasteiger partial charge in [-0.25, -0.2) is 4.98 Å². The Morgan fingerprint density at radius 2 is 2.02 bits per heavy atom. The fraction of sp³-hybridized carbons (Fsp3) is 0.433. The van der Waals surface area contributed by atoms with Gasteiger partial charge in [0.05, 0.1) is 11.6 Å². The van der Waals surface area contributed by atoms with Crippen molar-refractivity contribution in [3.63, 3.8) is 0 Å². The second kappa shape index (κ2) is 9.75. The number of piperidine rings is 2. The van der Waals surface area contributed by atoms with Gasteiger partial charge in [-0.15, -0.1) is 0 Å². The van der Waals surface area contributed by atoms with Crippen LogP contribution in [-0.4, -0.2) is 60.8 Å². The number of rotatable bonds is 9. The number of hydrogen-bond donors (Lipinski definition) is 3. The summed E-state index contributed by atoms with van der Waals surface area (Å²) >= 11 is 0. The van der Waals surface area contributed by atoms with Crippen molar-refractivity contribution in [2.75, 3.05) is 22.6 Å². The molecular formula is C30H34N10. The van der Waals surface area contributed by atoms with Gasteiger partial charge in [0.2, 0.25) is 5.95 Å². The number of nitrogens with one attached hydrogen (secondary N) is 3. The third kappa shape index (κ3) is 4.40. The highest BCUT2D eigenvalue weighted by Gasteiger charge is 2.64. The van der Waals surface area contributed by atoms with Crippen molar-refractivity contribution in [1.29, 1.82) is 5.26 Å². The molecule has 6 heterocycles. The lowest BCUT2D eigenvalue weighted by Crippen LogP contribution is -2.81. The zero-order chi connectivity index (χ0) is 27.3. The molecule has 7 rings (SSSR count). The predicted octanol–water partition coefficient (Wildman–Crippen LogP) is 4.90. The summed E-state index contributed by atoms with van der Waals surface area (Å²) in [6.07, 6.45) is 9.96. The van der Waals surface area contributed by atoms with Crippen LogP contribution in [0.2, 0.25) is 0 Å². The van der Waals surface area contributed by atoms with Crippen LogP contribution in [0.3, 0.4) is 0 Å². The fourth-order valence-electron chi connectivity index (χ4n) is 7.26. The van der Waals surface area contributed by atoms with Gasteiger partial charge in [0.25, 0.3) is 0 Å². The molecule has 3 fully saturated rings. The Balaban J connectivity index is 1.14. The highest BCUT2D eigenvalue weighted by molar-refractivity contribution is 5.93. The van der Waals surface area contributed by atoms with Crippen LogP contribution in [-0.2, 0) is 6.54 Å². The van der Waals surface area contributed by atoms with E-state index in [4.69, 9.17) is 15.2 Å². The fourth-order valence-corrected chi connectivity index (χ4v) is 7.26. The largest absolute Gasteiger partial charge is 0.370 e. The SMILES string of the molecule is Cc1cc(Nc2nc(NC3C[C@@H]4CC5(CCC#N)C[C@H](C3)N45)nc3cc(N(C)Cc4cccnc4)ccc23)n[nH]1. The van der Waals surface area contributed by atoms with E-state index < -0.39 is 0 Å². The van der Waals surface area contributed by atoms with Crippen molar-refractivity contribution in [2.45, 2.75) is 75.7 Å². The first kappa shape index (κ1) is 24.8. The molecule has 204 valence electrons. The van der Waals surface area contributed by atoms with Crippen molar-refractivity contribution in [1.82, 2.24) is 30.0 Å². The number of pyridine rings is 1. The lowest BCUT2D eigenvalue weighted by molar-refractivity contribution is -0.222. The molecule has 4 aromatic rings. The van der Waals surface area contributed by atoms with Crippen molar-refractivity contribution in [3.05, 3.63) is 60.0 Å². The number of hydrogen-bond acceptors (Lipinski definition) is 9. The molecule has 0 bridgehead atoms. The van der Waals surface area contributed by atoms with Crippen LogP contribution >= 0.6 is 0 Å². The molecule has 40 heavy (non-hydrogen) atoms. The van der Waals surface area contributed by atoms with E-state index in [2.05, 4.69) is 73.0 Å². The minimum Gasteiger partial charge on any atom is -0.370 e. The lowest BCUT2D eigenvalue weighted by atomic mass is 9.57. The number of anilines is 4. The summed E-state index contributed by atoms with van der Waals surface area (Å²) in [5, 5.41) is 24.5. The Bertz CT molecular complexity index is 1560. The molecule has 0 aliphatic carbocycles. The van der Waals surface area contributed by atoms with Crippen molar-refractivity contribution in [3.8, 4) is 6.07 Å². The summed E-state index contributed by atoms with van der Waals surface area (Å²) in [4.78, 5) is 19.1. The van der Waals surface area contributed by atoms with E-state index in [-0.39, 0.29) is 0 Å². The molecule has 0 amide bonds. The first-order valence-corrected chi connectivity index (χ1v) is 14.1. The maximum Gasteiger partial charge on any atom is 0.225 e. The molecule has 10 heteroatoms. The third-order valence-electron chi connectivity index (χ3n) is 8.93. The summed E-state index contributed by atoms with van der Waals surface area (Å²) in [6, 6.07) is 16.2. The van der Waals surface area contributed by atoms with E-state index in [0.717, 1.165) is 65.3 Å². The van der Waals surface area contributed by atoms with Gasteiger partial charge in [-0.05, 0) is 68.9 Å². The first-order chi connectivity index (χ1) is 19.5. The highest BCUT2D eigenvalue weighted by atomic mass is 15.4. The average molecular weight is 535 g/mol. The van der Waals surface area contributed by atoms with Gasteiger partial charge in [0.1, 0.15) is 5.82 Å². The molecule has 0 radical (unpaired) electrons.